The molecule has 0 unspecified atom stereocenters. The van der Waals surface area contributed by atoms with Crippen LogP contribution >= 0.6 is 11.8 Å². The van der Waals surface area contributed by atoms with Gasteiger partial charge in [0.2, 0.25) is 11.8 Å². The highest BCUT2D eigenvalue weighted by Crippen LogP contribution is 2.17. The van der Waals surface area contributed by atoms with Crippen molar-refractivity contribution in [2.45, 2.75) is 12.8 Å². The van der Waals surface area contributed by atoms with Gasteiger partial charge in [-0.25, -0.2) is 0 Å². The van der Waals surface area contributed by atoms with Gasteiger partial charge in [-0.2, -0.15) is 0 Å². The average Bonchev–Trinajstić information content (AvgIpc) is 2.78. The molecule has 130 valence electrons. The number of carbonyl (C=O) groups excluding carboxylic acids is 3. The van der Waals surface area contributed by atoms with Crippen molar-refractivity contribution >= 4 is 28.8 Å². The zero-order chi connectivity index (χ0) is 16.8. The van der Waals surface area contributed by atoms with Crippen LogP contribution in [0.1, 0.15) is 12.8 Å². The molecule has 0 spiro atoms. The second-order valence-electron chi connectivity index (χ2n) is 6.15. The molecule has 2 fully saturated rings. The van der Waals surface area contributed by atoms with Crippen LogP contribution in [-0.4, -0.2) is 102 Å². The molecule has 2 heterocycles. The van der Waals surface area contributed by atoms with Gasteiger partial charge in [0.05, 0.1) is 6.54 Å². The highest BCUT2D eigenvalue weighted by atomic mass is 32.2. The van der Waals surface area contributed by atoms with Gasteiger partial charge in [-0.05, 0) is 6.42 Å². The van der Waals surface area contributed by atoms with Gasteiger partial charge in [0.25, 0.3) is 5.24 Å². The van der Waals surface area contributed by atoms with Crippen LogP contribution in [0.2, 0.25) is 0 Å². The second-order valence-corrected chi connectivity index (χ2v) is 7.20. The predicted octanol–water partition coefficient (Wildman–Crippen LogP) is 0.168. The lowest BCUT2D eigenvalue weighted by atomic mass is 10.3. The van der Waals surface area contributed by atoms with E-state index in [1.807, 2.05) is 4.90 Å². The van der Waals surface area contributed by atoms with E-state index in [-0.39, 0.29) is 17.1 Å². The Morgan fingerprint density at radius 1 is 1.13 bits per heavy atom. The van der Waals surface area contributed by atoms with Crippen LogP contribution < -0.4 is 0 Å². The summed E-state index contributed by atoms with van der Waals surface area (Å²) in [6.45, 7) is 4.63. The molecule has 8 heteroatoms. The highest BCUT2D eigenvalue weighted by molar-refractivity contribution is 8.13. The Morgan fingerprint density at radius 3 is 2.57 bits per heavy atom. The molecular weight excluding hydrogens is 316 g/mol. The number of nitrogens with zero attached hydrogens (tertiary/aromatic N) is 4. The van der Waals surface area contributed by atoms with Gasteiger partial charge in [0.15, 0.2) is 0 Å². The first kappa shape index (κ1) is 18.1. The van der Waals surface area contributed by atoms with Crippen LogP contribution in [-0.2, 0) is 9.59 Å². The lowest BCUT2D eigenvalue weighted by Gasteiger charge is -2.23. The third-order valence-corrected chi connectivity index (χ3v) is 5.13. The zero-order valence-corrected chi connectivity index (χ0v) is 14.8. The lowest BCUT2D eigenvalue weighted by molar-refractivity contribution is -0.131. The fraction of sp³-hybridized carbons (Fsp3) is 0.800. The fourth-order valence-corrected chi connectivity index (χ4v) is 3.58. The molecular formula is C15H26N4O3S. The van der Waals surface area contributed by atoms with Crippen molar-refractivity contribution in [1.29, 1.82) is 0 Å². The van der Waals surface area contributed by atoms with Gasteiger partial charge >= 0.3 is 0 Å². The molecule has 0 N–H and O–H groups in total. The largest absolute Gasteiger partial charge is 0.348 e. The Hall–Kier alpha value is -1.28. The zero-order valence-electron chi connectivity index (χ0n) is 14.0. The summed E-state index contributed by atoms with van der Waals surface area (Å²) >= 11 is 1.32. The Kier molecular flexibility index (Phi) is 6.71. The number of amides is 3. The summed E-state index contributed by atoms with van der Waals surface area (Å²) in [6, 6.07) is 0. The minimum Gasteiger partial charge on any atom is -0.348 e. The topological polar surface area (TPSA) is 64.2 Å². The molecule has 0 bridgehead atoms. The molecule has 7 nitrogen and oxygen atoms in total. The SMILES string of the molecule is CN(C)C(=O)CN1CCCN(C(=O)CCN2CCSC2=O)CC1. The summed E-state index contributed by atoms with van der Waals surface area (Å²) in [5, 5.41) is 0.0852. The summed E-state index contributed by atoms with van der Waals surface area (Å²) in [5.41, 5.74) is 0. The van der Waals surface area contributed by atoms with E-state index in [1.54, 1.807) is 23.9 Å². The van der Waals surface area contributed by atoms with E-state index in [1.165, 1.54) is 11.8 Å². The van der Waals surface area contributed by atoms with E-state index < -0.39 is 0 Å². The van der Waals surface area contributed by atoms with Gasteiger partial charge in [-0.1, -0.05) is 11.8 Å². The second kappa shape index (κ2) is 8.54. The van der Waals surface area contributed by atoms with E-state index in [0.717, 1.165) is 38.4 Å². The van der Waals surface area contributed by atoms with Gasteiger partial charge in [0, 0.05) is 65.5 Å². The van der Waals surface area contributed by atoms with Crippen LogP contribution in [0, 0.1) is 0 Å². The Bertz CT molecular complexity index is 458. The van der Waals surface area contributed by atoms with Crippen LogP contribution in [0.25, 0.3) is 0 Å². The monoisotopic (exact) mass is 342 g/mol. The van der Waals surface area contributed by atoms with Crippen molar-refractivity contribution in [1.82, 2.24) is 19.6 Å². The van der Waals surface area contributed by atoms with Gasteiger partial charge in [0.1, 0.15) is 0 Å². The van der Waals surface area contributed by atoms with Crippen LogP contribution in [0.15, 0.2) is 0 Å². The smallest absolute Gasteiger partial charge is 0.281 e. The maximum absolute atomic E-state index is 12.3. The molecule has 2 rings (SSSR count). The number of thioether (sulfide) groups is 1. The maximum atomic E-state index is 12.3. The first-order valence-electron chi connectivity index (χ1n) is 8.09. The first-order chi connectivity index (χ1) is 11.0. The molecule has 0 aliphatic carbocycles. The van der Waals surface area contributed by atoms with Crippen molar-refractivity contribution < 1.29 is 14.4 Å². The van der Waals surface area contributed by atoms with E-state index >= 15 is 0 Å². The summed E-state index contributed by atoms with van der Waals surface area (Å²) in [6.07, 6.45) is 1.27. The van der Waals surface area contributed by atoms with Crippen molar-refractivity contribution in [3.8, 4) is 0 Å². The maximum Gasteiger partial charge on any atom is 0.281 e. The van der Waals surface area contributed by atoms with Crippen molar-refractivity contribution in [3.63, 3.8) is 0 Å². The number of hydrogen-bond donors (Lipinski definition) is 0. The molecule has 0 aromatic carbocycles. The highest BCUT2D eigenvalue weighted by Gasteiger charge is 2.24. The normalized spacial score (nSPS) is 19.8. The van der Waals surface area contributed by atoms with Crippen LogP contribution in [0.5, 0.6) is 0 Å². The number of rotatable bonds is 5. The van der Waals surface area contributed by atoms with E-state index in [0.29, 0.717) is 26.1 Å². The summed E-state index contributed by atoms with van der Waals surface area (Å²) < 4.78 is 0. The van der Waals surface area contributed by atoms with Gasteiger partial charge in [-0.3, -0.25) is 19.3 Å². The Morgan fingerprint density at radius 2 is 1.91 bits per heavy atom. The summed E-state index contributed by atoms with van der Waals surface area (Å²) in [5.74, 6) is 1.02. The third kappa shape index (κ3) is 5.39. The minimum absolute atomic E-state index is 0.0852. The van der Waals surface area contributed by atoms with Crippen LogP contribution in [0.4, 0.5) is 4.79 Å². The van der Waals surface area contributed by atoms with Crippen molar-refractivity contribution in [3.05, 3.63) is 0 Å². The molecule has 3 amide bonds. The van der Waals surface area contributed by atoms with Gasteiger partial charge < -0.3 is 14.7 Å². The quantitative estimate of drug-likeness (QED) is 0.713. The van der Waals surface area contributed by atoms with Crippen LogP contribution in [0.3, 0.4) is 0 Å². The first-order valence-corrected chi connectivity index (χ1v) is 9.08. The van der Waals surface area contributed by atoms with Crippen molar-refractivity contribution in [2.75, 3.05) is 65.7 Å². The molecule has 0 atom stereocenters. The van der Waals surface area contributed by atoms with Gasteiger partial charge in [-0.15, -0.1) is 0 Å². The minimum atomic E-state index is 0.0852. The van der Waals surface area contributed by atoms with E-state index in [4.69, 9.17) is 0 Å². The molecule has 0 aromatic rings. The number of likely N-dealkylation sites (N-methyl/N-ethyl adjacent to an activating group) is 1. The molecule has 2 aliphatic rings. The molecule has 0 radical (unpaired) electrons. The Labute approximate surface area is 141 Å². The number of hydrogen-bond acceptors (Lipinski definition) is 5. The average molecular weight is 342 g/mol. The lowest BCUT2D eigenvalue weighted by Crippen LogP contribution is -2.40. The summed E-state index contributed by atoms with van der Waals surface area (Å²) in [7, 11) is 3.52. The third-order valence-electron chi connectivity index (χ3n) is 4.24. The molecule has 2 saturated heterocycles. The molecule has 2 aliphatic heterocycles. The predicted molar refractivity (Wildman–Crippen MR) is 90.4 cm³/mol. The molecule has 0 aromatic heterocycles. The van der Waals surface area contributed by atoms with E-state index in [2.05, 4.69) is 4.90 Å². The fourth-order valence-electron chi connectivity index (χ4n) is 2.73. The molecule has 0 saturated carbocycles. The van der Waals surface area contributed by atoms with E-state index in [9.17, 15) is 14.4 Å². The van der Waals surface area contributed by atoms with Crippen molar-refractivity contribution in [2.24, 2.45) is 0 Å². The standard InChI is InChI=1S/C15H26N4O3S/c1-16(2)14(21)12-17-5-3-6-18(9-8-17)13(20)4-7-19-10-11-23-15(19)22/h3-12H2,1-2H3. The summed E-state index contributed by atoms with van der Waals surface area (Å²) in [4.78, 5) is 43.0. The molecule has 23 heavy (non-hydrogen) atoms. The number of carbonyl (C=O) groups is 3. The Balaban J connectivity index is 1.74.